The van der Waals surface area contributed by atoms with Gasteiger partial charge in [0.25, 0.3) is 0 Å². The fraction of sp³-hybridized carbons (Fsp3) is 0.571. The third-order valence-electron chi connectivity index (χ3n) is 3.56. The highest BCUT2D eigenvalue weighted by molar-refractivity contribution is 7.89. The van der Waals surface area contributed by atoms with Crippen LogP contribution < -0.4 is 15.2 Å². The zero-order valence-electron chi connectivity index (χ0n) is 12.2. The Morgan fingerprint density at radius 3 is 2.67 bits per heavy atom. The van der Waals surface area contributed by atoms with Crippen molar-refractivity contribution in [3.63, 3.8) is 0 Å². The van der Waals surface area contributed by atoms with Gasteiger partial charge in [0.1, 0.15) is 10.6 Å². The van der Waals surface area contributed by atoms with Crippen LogP contribution in [0, 0.1) is 0 Å². The number of nitrogens with one attached hydrogen (secondary N) is 1. The fourth-order valence-electron chi connectivity index (χ4n) is 2.43. The standard InChI is InChI=1S/C14H22N2O4S/c1-19-12-6-7-14(13(15)10-12)21(17,18)16-8-9-20-11-4-2-3-5-11/h6-7,10-11,16H,2-5,8-9,15H2,1H3. The molecule has 3 N–H and O–H groups in total. The second-order valence-corrected chi connectivity index (χ2v) is 6.81. The van der Waals surface area contributed by atoms with E-state index >= 15 is 0 Å². The number of ether oxygens (including phenoxy) is 2. The van der Waals surface area contributed by atoms with Gasteiger partial charge >= 0.3 is 0 Å². The molecule has 0 aromatic heterocycles. The van der Waals surface area contributed by atoms with Gasteiger partial charge in [0, 0.05) is 12.6 Å². The Labute approximate surface area is 125 Å². The van der Waals surface area contributed by atoms with Crippen molar-refractivity contribution < 1.29 is 17.9 Å². The van der Waals surface area contributed by atoms with Crippen molar-refractivity contribution >= 4 is 15.7 Å². The second-order valence-electron chi connectivity index (χ2n) is 5.08. The van der Waals surface area contributed by atoms with Crippen molar-refractivity contribution in [3.8, 4) is 5.75 Å². The molecule has 1 aliphatic rings. The molecule has 1 aromatic rings. The van der Waals surface area contributed by atoms with Gasteiger partial charge in [0.2, 0.25) is 10.0 Å². The number of methoxy groups -OCH3 is 1. The molecule has 0 unspecified atom stereocenters. The normalized spacial score (nSPS) is 16.2. The lowest BCUT2D eigenvalue weighted by atomic mass is 10.3. The molecule has 1 aliphatic carbocycles. The number of anilines is 1. The Bertz CT molecular complexity index is 568. The van der Waals surface area contributed by atoms with E-state index in [1.54, 1.807) is 6.07 Å². The maximum absolute atomic E-state index is 12.2. The molecule has 0 saturated heterocycles. The van der Waals surface area contributed by atoms with Crippen LogP contribution in [0.5, 0.6) is 5.75 Å². The van der Waals surface area contributed by atoms with Crippen molar-refractivity contribution in [2.45, 2.75) is 36.7 Å². The number of benzene rings is 1. The van der Waals surface area contributed by atoms with Gasteiger partial charge in [-0.05, 0) is 25.0 Å². The third kappa shape index (κ3) is 4.33. The van der Waals surface area contributed by atoms with Crippen molar-refractivity contribution in [1.82, 2.24) is 4.72 Å². The Balaban J connectivity index is 1.88. The van der Waals surface area contributed by atoms with E-state index in [0.29, 0.717) is 12.4 Å². The summed E-state index contributed by atoms with van der Waals surface area (Å²) in [5.74, 6) is 0.524. The van der Waals surface area contributed by atoms with Crippen molar-refractivity contribution in [2.75, 3.05) is 26.0 Å². The van der Waals surface area contributed by atoms with E-state index in [1.807, 2.05) is 0 Å². The van der Waals surface area contributed by atoms with Crippen LogP contribution in [0.25, 0.3) is 0 Å². The minimum Gasteiger partial charge on any atom is -0.497 e. The first-order chi connectivity index (χ1) is 10.0. The van der Waals surface area contributed by atoms with Gasteiger partial charge in [-0.25, -0.2) is 13.1 Å². The van der Waals surface area contributed by atoms with E-state index in [2.05, 4.69) is 4.72 Å². The number of sulfonamides is 1. The first-order valence-electron chi connectivity index (χ1n) is 7.08. The monoisotopic (exact) mass is 314 g/mol. The van der Waals surface area contributed by atoms with E-state index in [0.717, 1.165) is 12.8 Å². The van der Waals surface area contributed by atoms with Gasteiger partial charge in [0.05, 0.1) is 25.5 Å². The Morgan fingerprint density at radius 1 is 1.33 bits per heavy atom. The maximum atomic E-state index is 12.2. The first kappa shape index (κ1) is 16.1. The molecule has 0 atom stereocenters. The van der Waals surface area contributed by atoms with Gasteiger partial charge in [0.15, 0.2) is 0 Å². The topological polar surface area (TPSA) is 90.7 Å². The van der Waals surface area contributed by atoms with Crippen LogP contribution >= 0.6 is 0 Å². The summed E-state index contributed by atoms with van der Waals surface area (Å²) in [5, 5.41) is 0. The molecular weight excluding hydrogens is 292 g/mol. The van der Waals surface area contributed by atoms with Crippen LogP contribution in [0.1, 0.15) is 25.7 Å². The number of nitrogen functional groups attached to an aromatic ring is 1. The Kier molecular flexibility index (Phi) is 5.44. The fourth-order valence-corrected chi connectivity index (χ4v) is 3.56. The zero-order chi connectivity index (χ0) is 15.3. The average molecular weight is 314 g/mol. The van der Waals surface area contributed by atoms with Gasteiger partial charge in [-0.2, -0.15) is 0 Å². The molecule has 6 nitrogen and oxygen atoms in total. The Hall–Kier alpha value is -1.31. The van der Waals surface area contributed by atoms with E-state index in [1.165, 1.54) is 32.1 Å². The molecular formula is C14H22N2O4S. The summed E-state index contributed by atoms with van der Waals surface area (Å²) in [6.45, 7) is 0.615. The highest BCUT2D eigenvalue weighted by Gasteiger charge is 2.18. The second kappa shape index (κ2) is 7.11. The lowest BCUT2D eigenvalue weighted by molar-refractivity contribution is 0.0626. The summed E-state index contributed by atoms with van der Waals surface area (Å²) in [6, 6.07) is 4.50. The summed E-state index contributed by atoms with van der Waals surface area (Å²) in [7, 11) is -2.12. The number of rotatable bonds is 7. The quantitative estimate of drug-likeness (QED) is 0.588. The van der Waals surface area contributed by atoms with Crippen LogP contribution in [0.15, 0.2) is 23.1 Å². The third-order valence-corrected chi connectivity index (χ3v) is 5.09. The average Bonchev–Trinajstić information content (AvgIpc) is 2.96. The summed E-state index contributed by atoms with van der Waals surface area (Å²) in [6.07, 6.45) is 4.80. The highest BCUT2D eigenvalue weighted by Crippen LogP contribution is 2.23. The molecule has 118 valence electrons. The number of hydrogen-bond donors (Lipinski definition) is 2. The highest BCUT2D eigenvalue weighted by atomic mass is 32.2. The summed E-state index contributed by atoms with van der Waals surface area (Å²) in [4.78, 5) is 0.0594. The lowest BCUT2D eigenvalue weighted by Crippen LogP contribution is -2.29. The molecule has 1 aromatic carbocycles. The molecule has 1 fully saturated rings. The number of nitrogens with two attached hydrogens (primary N) is 1. The SMILES string of the molecule is COc1ccc(S(=O)(=O)NCCOC2CCCC2)c(N)c1. The maximum Gasteiger partial charge on any atom is 0.242 e. The molecule has 7 heteroatoms. The van der Waals surface area contributed by atoms with Crippen LogP contribution in [0.3, 0.4) is 0 Å². The minimum absolute atomic E-state index is 0.0594. The predicted octanol–water partition coefficient (Wildman–Crippen LogP) is 1.51. The van der Waals surface area contributed by atoms with Gasteiger partial charge < -0.3 is 15.2 Å². The molecule has 0 heterocycles. The molecule has 0 radical (unpaired) electrons. The lowest BCUT2D eigenvalue weighted by Gasteiger charge is -2.13. The van der Waals surface area contributed by atoms with Crippen molar-refractivity contribution in [1.29, 1.82) is 0 Å². The van der Waals surface area contributed by atoms with Crippen LogP contribution in [-0.2, 0) is 14.8 Å². The molecule has 2 rings (SSSR count). The predicted molar refractivity (Wildman–Crippen MR) is 80.8 cm³/mol. The Morgan fingerprint density at radius 2 is 2.05 bits per heavy atom. The van der Waals surface area contributed by atoms with Gasteiger partial charge in [-0.15, -0.1) is 0 Å². The zero-order valence-corrected chi connectivity index (χ0v) is 13.0. The van der Waals surface area contributed by atoms with Crippen molar-refractivity contribution in [2.24, 2.45) is 0 Å². The van der Waals surface area contributed by atoms with Gasteiger partial charge in [-0.3, -0.25) is 0 Å². The summed E-state index contributed by atoms with van der Waals surface area (Å²) >= 11 is 0. The molecule has 0 bridgehead atoms. The van der Waals surface area contributed by atoms with Gasteiger partial charge in [-0.1, -0.05) is 12.8 Å². The van der Waals surface area contributed by atoms with Crippen molar-refractivity contribution in [3.05, 3.63) is 18.2 Å². The van der Waals surface area contributed by atoms with E-state index in [9.17, 15) is 8.42 Å². The van der Waals surface area contributed by atoms with E-state index in [4.69, 9.17) is 15.2 Å². The first-order valence-corrected chi connectivity index (χ1v) is 8.56. The number of hydrogen-bond acceptors (Lipinski definition) is 5. The van der Waals surface area contributed by atoms with Crippen LogP contribution in [-0.4, -0.2) is 34.8 Å². The summed E-state index contributed by atoms with van der Waals surface area (Å²) < 4.78 is 37.5. The molecule has 1 saturated carbocycles. The largest absolute Gasteiger partial charge is 0.497 e. The van der Waals surface area contributed by atoms with E-state index < -0.39 is 10.0 Å². The molecule has 0 spiro atoms. The van der Waals surface area contributed by atoms with Crippen LogP contribution in [0.4, 0.5) is 5.69 Å². The molecule has 0 aliphatic heterocycles. The van der Waals surface area contributed by atoms with E-state index in [-0.39, 0.29) is 23.2 Å². The summed E-state index contributed by atoms with van der Waals surface area (Å²) in [5.41, 5.74) is 5.92. The van der Waals surface area contributed by atoms with Crippen LogP contribution in [0.2, 0.25) is 0 Å². The molecule has 0 amide bonds. The minimum atomic E-state index is -3.62. The molecule has 21 heavy (non-hydrogen) atoms. The smallest absolute Gasteiger partial charge is 0.242 e.